The number of hydrogen-bond acceptors (Lipinski definition) is 4. The van der Waals surface area contributed by atoms with Crippen LogP contribution in [0.5, 0.6) is 5.75 Å². The smallest absolute Gasteiger partial charge is 0.251 e. The van der Waals surface area contributed by atoms with Crippen molar-refractivity contribution in [1.29, 1.82) is 0 Å². The fraction of sp³-hybridized carbons (Fsp3) is 0.263. The van der Waals surface area contributed by atoms with Crippen molar-refractivity contribution in [2.45, 2.75) is 25.8 Å². The molecular formula is C19H20NO4-. The molecular weight excluding hydrogens is 306 g/mol. The maximum absolute atomic E-state index is 12.4. The van der Waals surface area contributed by atoms with Gasteiger partial charge in [-0.25, -0.2) is 0 Å². The van der Waals surface area contributed by atoms with E-state index in [9.17, 15) is 14.7 Å². The van der Waals surface area contributed by atoms with E-state index in [-0.39, 0.29) is 12.3 Å². The molecule has 0 aliphatic rings. The Hall–Kier alpha value is -2.82. The van der Waals surface area contributed by atoms with Gasteiger partial charge < -0.3 is 20.0 Å². The van der Waals surface area contributed by atoms with Crippen LogP contribution in [0.15, 0.2) is 54.6 Å². The number of rotatable bonds is 8. The zero-order valence-corrected chi connectivity index (χ0v) is 13.5. The van der Waals surface area contributed by atoms with Gasteiger partial charge in [0.1, 0.15) is 5.75 Å². The summed E-state index contributed by atoms with van der Waals surface area (Å²) >= 11 is 0. The Morgan fingerprint density at radius 3 is 2.33 bits per heavy atom. The molecule has 0 unspecified atom stereocenters. The van der Waals surface area contributed by atoms with Gasteiger partial charge in [0.15, 0.2) is 0 Å². The first-order valence-corrected chi connectivity index (χ1v) is 7.88. The quantitative estimate of drug-likeness (QED) is 0.805. The van der Waals surface area contributed by atoms with Crippen molar-refractivity contribution in [3.05, 3.63) is 65.7 Å². The summed E-state index contributed by atoms with van der Waals surface area (Å²) in [6.07, 6.45) is 0.623. The molecule has 24 heavy (non-hydrogen) atoms. The first kappa shape index (κ1) is 17.5. The van der Waals surface area contributed by atoms with Gasteiger partial charge in [-0.3, -0.25) is 4.79 Å². The van der Waals surface area contributed by atoms with Gasteiger partial charge in [-0.1, -0.05) is 37.3 Å². The summed E-state index contributed by atoms with van der Waals surface area (Å²) in [5, 5.41) is 13.7. The minimum absolute atomic E-state index is 0.284. The number of aliphatic carboxylic acids is 1. The molecule has 126 valence electrons. The lowest BCUT2D eigenvalue weighted by Crippen LogP contribution is -2.34. The third-order valence-electron chi connectivity index (χ3n) is 3.47. The maximum atomic E-state index is 12.4. The van der Waals surface area contributed by atoms with Crippen LogP contribution in [0.25, 0.3) is 0 Å². The Morgan fingerprint density at radius 1 is 1.08 bits per heavy atom. The SMILES string of the molecule is CCCOc1ccc(C(=O)N[C@@H](CC(=O)[O-])c2ccccc2)cc1. The van der Waals surface area contributed by atoms with E-state index in [1.807, 2.05) is 13.0 Å². The molecule has 1 N–H and O–H groups in total. The molecule has 2 aromatic carbocycles. The van der Waals surface area contributed by atoms with Crippen molar-refractivity contribution in [1.82, 2.24) is 5.32 Å². The number of ether oxygens (including phenoxy) is 1. The van der Waals surface area contributed by atoms with Crippen molar-refractivity contribution in [2.75, 3.05) is 6.61 Å². The predicted molar refractivity (Wildman–Crippen MR) is 88.5 cm³/mol. The summed E-state index contributed by atoms with van der Waals surface area (Å²) in [6, 6.07) is 15.1. The highest BCUT2D eigenvalue weighted by Crippen LogP contribution is 2.18. The Kier molecular flexibility index (Phi) is 6.37. The van der Waals surface area contributed by atoms with Gasteiger partial charge in [0.05, 0.1) is 12.6 Å². The van der Waals surface area contributed by atoms with E-state index >= 15 is 0 Å². The van der Waals surface area contributed by atoms with Gasteiger partial charge in [-0.15, -0.1) is 0 Å². The van der Waals surface area contributed by atoms with E-state index in [0.29, 0.717) is 17.9 Å². The normalized spacial score (nSPS) is 11.5. The summed E-state index contributed by atoms with van der Waals surface area (Å²) in [5.41, 5.74) is 1.16. The molecule has 0 aliphatic heterocycles. The molecule has 0 bridgehead atoms. The maximum Gasteiger partial charge on any atom is 0.251 e. The fourth-order valence-corrected chi connectivity index (χ4v) is 2.27. The van der Waals surface area contributed by atoms with Gasteiger partial charge in [0, 0.05) is 18.0 Å². The van der Waals surface area contributed by atoms with Crippen LogP contribution in [0.2, 0.25) is 0 Å². The van der Waals surface area contributed by atoms with E-state index in [4.69, 9.17) is 4.74 Å². The second-order valence-corrected chi connectivity index (χ2v) is 5.39. The summed E-state index contributed by atoms with van der Waals surface area (Å²) in [6.45, 7) is 2.64. The highest BCUT2D eigenvalue weighted by molar-refractivity contribution is 5.94. The second kappa shape index (κ2) is 8.72. The minimum atomic E-state index is -1.22. The average Bonchev–Trinajstić information content (AvgIpc) is 2.60. The largest absolute Gasteiger partial charge is 0.550 e. The molecule has 0 radical (unpaired) electrons. The molecule has 0 aliphatic carbocycles. The number of benzene rings is 2. The lowest BCUT2D eigenvalue weighted by molar-refractivity contribution is -0.306. The highest BCUT2D eigenvalue weighted by Gasteiger charge is 2.16. The van der Waals surface area contributed by atoms with Crippen molar-refractivity contribution < 1.29 is 19.4 Å². The molecule has 0 spiro atoms. The Morgan fingerprint density at radius 2 is 1.75 bits per heavy atom. The van der Waals surface area contributed by atoms with Crippen LogP contribution in [0, 0.1) is 0 Å². The lowest BCUT2D eigenvalue weighted by atomic mass is 10.0. The standard InChI is InChI=1S/C19H21NO4/c1-2-12-24-16-10-8-15(9-11-16)19(23)20-17(13-18(21)22)14-6-4-3-5-7-14/h3-11,17H,2,12-13H2,1H3,(H,20,23)(H,21,22)/p-1/t17-/m0/s1. The van der Waals surface area contributed by atoms with Crippen LogP contribution in [0.3, 0.4) is 0 Å². The molecule has 2 aromatic rings. The van der Waals surface area contributed by atoms with E-state index < -0.39 is 12.0 Å². The molecule has 5 nitrogen and oxygen atoms in total. The van der Waals surface area contributed by atoms with Crippen LogP contribution in [-0.4, -0.2) is 18.5 Å². The van der Waals surface area contributed by atoms with Gasteiger partial charge in [-0.05, 0) is 36.2 Å². The molecule has 0 aromatic heterocycles. The van der Waals surface area contributed by atoms with Crippen molar-refractivity contribution in [3.63, 3.8) is 0 Å². The minimum Gasteiger partial charge on any atom is -0.550 e. The summed E-state index contributed by atoms with van der Waals surface area (Å²) in [5.74, 6) is -0.859. The Labute approximate surface area is 141 Å². The molecule has 0 heterocycles. The number of amides is 1. The summed E-state index contributed by atoms with van der Waals surface area (Å²) in [7, 11) is 0. The Bertz CT molecular complexity index is 668. The van der Waals surface area contributed by atoms with Gasteiger partial charge >= 0.3 is 0 Å². The van der Waals surface area contributed by atoms with E-state index in [2.05, 4.69) is 5.32 Å². The fourth-order valence-electron chi connectivity index (χ4n) is 2.27. The van der Waals surface area contributed by atoms with Crippen molar-refractivity contribution in [2.24, 2.45) is 0 Å². The van der Waals surface area contributed by atoms with E-state index in [1.165, 1.54) is 0 Å². The first-order valence-electron chi connectivity index (χ1n) is 7.88. The number of carboxylic acids is 1. The molecule has 1 amide bonds. The molecule has 0 saturated heterocycles. The van der Waals surface area contributed by atoms with E-state index in [1.54, 1.807) is 48.5 Å². The topological polar surface area (TPSA) is 78.5 Å². The molecule has 0 fully saturated rings. The number of carbonyl (C=O) groups is 2. The zero-order valence-electron chi connectivity index (χ0n) is 13.5. The number of carboxylic acid groups (broad SMARTS) is 1. The molecule has 2 rings (SSSR count). The van der Waals surface area contributed by atoms with Crippen molar-refractivity contribution in [3.8, 4) is 5.75 Å². The number of hydrogen-bond donors (Lipinski definition) is 1. The predicted octanol–water partition coefficient (Wildman–Crippen LogP) is 2.09. The third-order valence-corrected chi connectivity index (χ3v) is 3.47. The zero-order chi connectivity index (χ0) is 17.4. The number of carbonyl (C=O) groups excluding carboxylic acids is 2. The van der Waals surface area contributed by atoms with Crippen LogP contribution >= 0.6 is 0 Å². The monoisotopic (exact) mass is 326 g/mol. The van der Waals surface area contributed by atoms with Crippen LogP contribution < -0.4 is 15.2 Å². The highest BCUT2D eigenvalue weighted by atomic mass is 16.5. The third kappa shape index (κ3) is 5.12. The average molecular weight is 326 g/mol. The Balaban J connectivity index is 2.08. The molecule has 1 atom stereocenters. The molecule has 0 saturated carbocycles. The lowest BCUT2D eigenvalue weighted by Gasteiger charge is -2.20. The molecule has 5 heteroatoms. The first-order chi connectivity index (χ1) is 11.6. The summed E-state index contributed by atoms with van der Waals surface area (Å²) < 4.78 is 5.48. The van der Waals surface area contributed by atoms with Crippen LogP contribution in [0.4, 0.5) is 0 Å². The van der Waals surface area contributed by atoms with E-state index in [0.717, 1.165) is 12.0 Å². The van der Waals surface area contributed by atoms with Gasteiger partial charge in [-0.2, -0.15) is 0 Å². The van der Waals surface area contributed by atoms with Gasteiger partial charge in [0.2, 0.25) is 0 Å². The second-order valence-electron chi connectivity index (χ2n) is 5.39. The van der Waals surface area contributed by atoms with Crippen molar-refractivity contribution >= 4 is 11.9 Å². The summed E-state index contributed by atoms with van der Waals surface area (Å²) in [4.78, 5) is 23.3. The van der Waals surface area contributed by atoms with Crippen LogP contribution in [-0.2, 0) is 4.79 Å². The number of nitrogens with one attached hydrogen (secondary N) is 1. The van der Waals surface area contributed by atoms with Crippen LogP contribution in [0.1, 0.15) is 41.7 Å². The van der Waals surface area contributed by atoms with Gasteiger partial charge in [0.25, 0.3) is 5.91 Å².